The van der Waals surface area contributed by atoms with Crippen LogP contribution in [0.1, 0.15) is 30.1 Å². The van der Waals surface area contributed by atoms with Gasteiger partial charge in [0.15, 0.2) is 24.7 Å². The third kappa shape index (κ3) is 6.25. The largest absolute Gasteiger partial charge is 0.479 e. The van der Waals surface area contributed by atoms with E-state index in [0.29, 0.717) is 18.5 Å². The predicted molar refractivity (Wildman–Crippen MR) is 76.3 cm³/mol. The van der Waals surface area contributed by atoms with Crippen molar-refractivity contribution in [2.24, 2.45) is 0 Å². The quantitative estimate of drug-likeness (QED) is 0.399. The zero-order chi connectivity index (χ0) is 16.4. The van der Waals surface area contributed by atoms with Gasteiger partial charge in [-0.3, -0.25) is 4.79 Å². The number of carboxylic acid groups (broad SMARTS) is 1. The van der Waals surface area contributed by atoms with Crippen molar-refractivity contribution in [3.8, 4) is 11.5 Å². The summed E-state index contributed by atoms with van der Waals surface area (Å²) in [4.78, 5) is 32.7. The first-order valence-corrected chi connectivity index (χ1v) is 6.79. The van der Waals surface area contributed by atoms with Crippen molar-refractivity contribution in [1.29, 1.82) is 0 Å². The molecule has 0 fully saturated rings. The Kier molecular flexibility index (Phi) is 7.45. The molecule has 0 heterocycles. The van der Waals surface area contributed by atoms with E-state index in [9.17, 15) is 14.4 Å². The minimum absolute atomic E-state index is 0.0772. The van der Waals surface area contributed by atoms with E-state index in [1.165, 1.54) is 18.2 Å². The number of carbonyl (C=O) groups is 3. The van der Waals surface area contributed by atoms with Crippen LogP contribution in [0.2, 0.25) is 0 Å². The number of aldehydes is 1. The van der Waals surface area contributed by atoms with Gasteiger partial charge in [-0.15, -0.1) is 0 Å². The zero-order valence-corrected chi connectivity index (χ0v) is 12.2. The maximum atomic E-state index is 11.5. The standard InChI is InChI=1S/C15H18O7/c1-2-3-6-20-15(19)10-22-12-5-4-11(8-16)7-13(12)21-9-14(17)18/h4-5,7-8H,2-3,6,9-10H2,1H3,(H,17,18). The highest BCUT2D eigenvalue weighted by molar-refractivity contribution is 5.77. The number of hydrogen-bond donors (Lipinski definition) is 1. The molecule has 1 N–H and O–H groups in total. The lowest BCUT2D eigenvalue weighted by Crippen LogP contribution is -2.16. The highest BCUT2D eigenvalue weighted by atomic mass is 16.6. The average Bonchev–Trinajstić information content (AvgIpc) is 2.51. The predicted octanol–water partition coefficient (Wildman–Crippen LogP) is 1.68. The van der Waals surface area contributed by atoms with Gasteiger partial charge >= 0.3 is 11.9 Å². The van der Waals surface area contributed by atoms with Crippen molar-refractivity contribution in [1.82, 2.24) is 0 Å². The minimum atomic E-state index is -1.17. The van der Waals surface area contributed by atoms with Crippen LogP contribution >= 0.6 is 0 Å². The Morgan fingerprint density at radius 3 is 2.55 bits per heavy atom. The number of benzene rings is 1. The molecule has 1 aromatic rings. The number of hydrogen-bond acceptors (Lipinski definition) is 6. The van der Waals surface area contributed by atoms with Crippen LogP contribution in [-0.2, 0) is 14.3 Å². The second-order valence-corrected chi connectivity index (χ2v) is 4.37. The van der Waals surface area contributed by atoms with Gasteiger partial charge in [-0.05, 0) is 24.6 Å². The molecule has 0 aliphatic rings. The molecule has 0 atom stereocenters. The fraction of sp³-hybridized carbons (Fsp3) is 0.400. The van der Waals surface area contributed by atoms with Crippen LogP contribution in [0.5, 0.6) is 11.5 Å². The van der Waals surface area contributed by atoms with Crippen molar-refractivity contribution in [3.63, 3.8) is 0 Å². The lowest BCUT2D eigenvalue weighted by molar-refractivity contribution is -0.146. The molecule has 0 amide bonds. The molecule has 1 rings (SSSR count). The van der Waals surface area contributed by atoms with Crippen molar-refractivity contribution in [2.45, 2.75) is 19.8 Å². The molecule has 0 saturated heterocycles. The van der Waals surface area contributed by atoms with E-state index >= 15 is 0 Å². The lowest BCUT2D eigenvalue weighted by Gasteiger charge is -2.12. The van der Waals surface area contributed by atoms with Crippen molar-refractivity contribution in [2.75, 3.05) is 19.8 Å². The fourth-order valence-electron chi connectivity index (χ4n) is 1.48. The minimum Gasteiger partial charge on any atom is -0.479 e. The van der Waals surface area contributed by atoms with Gasteiger partial charge in [-0.1, -0.05) is 13.3 Å². The molecule has 0 aliphatic carbocycles. The first kappa shape index (κ1) is 17.5. The van der Waals surface area contributed by atoms with E-state index < -0.39 is 18.5 Å². The summed E-state index contributed by atoms with van der Waals surface area (Å²) < 4.78 is 15.2. The van der Waals surface area contributed by atoms with Crippen LogP contribution in [0, 0.1) is 0 Å². The average molecular weight is 310 g/mol. The number of carboxylic acids is 1. The summed E-state index contributed by atoms with van der Waals surface area (Å²) in [5.74, 6) is -1.45. The SMILES string of the molecule is CCCCOC(=O)COc1ccc(C=O)cc1OCC(=O)O. The van der Waals surface area contributed by atoms with Crippen LogP contribution in [-0.4, -0.2) is 43.2 Å². The summed E-state index contributed by atoms with van der Waals surface area (Å²) >= 11 is 0. The van der Waals surface area contributed by atoms with E-state index in [1.807, 2.05) is 6.92 Å². The molecule has 0 radical (unpaired) electrons. The third-order valence-electron chi connectivity index (χ3n) is 2.56. The summed E-state index contributed by atoms with van der Waals surface area (Å²) in [6.07, 6.45) is 2.28. The summed E-state index contributed by atoms with van der Waals surface area (Å²) in [6, 6.07) is 4.24. The van der Waals surface area contributed by atoms with Gasteiger partial charge < -0.3 is 19.3 Å². The maximum absolute atomic E-state index is 11.5. The molecular weight excluding hydrogens is 292 g/mol. The molecule has 120 valence electrons. The van der Waals surface area contributed by atoms with Crippen molar-refractivity contribution in [3.05, 3.63) is 23.8 Å². The van der Waals surface area contributed by atoms with Gasteiger partial charge in [0.2, 0.25) is 0 Å². The van der Waals surface area contributed by atoms with Crippen LogP contribution in [0.3, 0.4) is 0 Å². The summed E-state index contributed by atoms with van der Waals surface area (Å²) in [5.41, 5.74) is 0.304. The van der Waals surface area contributed by atoms with E-state index in [4.69, 9.17) is 19.3 Å². The summed E-state index contributed by atoms with van der Waals surface area (Å²) in [7, 11) is 0. The van der Waals surface area contributed by atoms with E-state index in [-0.39, 0.29) is 18.1 Å². The second kappa shape index (κ2) is 9.38. The Morgan fingerprint density at radius 2 is 1.91 bits per heavy atom. The highest BCUT2D eigenvalue weighted by Gasteiger charge is 2.11. The van der Waals surface area contributed by atoms with Crippen LogP contribution in [0.4, 0.5) is 0 Å². The second-order valence-electron chi connectivity index (χ2n) is 4.37. The zero-order valence-electron chi connectivity index (χ0n) is 12.2. The number of esters is 1. The first-order chi connectivity index (χ1) is 10.6. The Labute approximate surface area is 127 Å². The van der Waals surface area contributed by atoms with Gasteiger partial charge in [-0.2, -0.15) is 0 Å². The molecule has 22 heavy (non-hydrogen) atoms. The summed E-state index contributed by atoms with van der Waals surface area (Å²) in [6.45, 7) is 1.39. The number of aliphatic carboxylic acids is 1. The monoisotopic (exact) mass is 310 g/mol. The number of carbonyl (C=O) groups excluding carboxylic acids is 2. The summed E-state index contributed by atoms with van der Waals surface area (Å²) in [5, 5.41) is 8.62. The van der Waals surface area contributed by atoms with Gasteiger partial charge in [0.05, 0.1) is 6.61 Å². The molecule has 7 heteroatoms. The molecule has 0 unspecified atom stereocenters. The Hall–Kier alpha value is -2.57. The molecule has 1 aromatic carbocycles. The highest BCUT2D eigenvalue weighted by Crippen LogP contribution is 2.28. The normalized spacial score (nSPS) is 9.86. The number of ether oxygens (including phenoxy) is 3. The Balaban J connectivity index is 2.65. The van der Waals surface area contributed by atoms with Gasteiger partial charge in [0, 0.05) is 5.56 Å². The van der Waals surface area contributed by atoms with Gasteiger partial charge in [0.25, 0.3) is 0 Å². The number of rotatable bonds is 10. The van der Waals surface area contributed by atoms with E-state index in [1.54, 1.807) is 0 Å². The van der Waals surface area contributed by atoms with Crippen molar-refractivity contribution < 1.29 is 33.7 Å². The molecule has 0 spiro atoms. The molecular formula is C15H18O7. The molecule has 0 aliphatic heterocycles. The molecule has 7 nitrogen and oxygen atoms in total. The third-order valence-corrected chi connectivity index (χ3v) is 2.56. The van der Waals surface area contributed by atoms with Gasteiger partial charge in [-0.25, -0.2) is 9.59 Å². The number of unbranched alkanes of at least 4 members (excludes halogenated alkanes) is 1. The fourth-order valence-corrected chi connectivity index (χ4v) is 1.48. The van der Waals surface area contributed by atoms with Crippen molar-refractivity contribution >= 4 is 18.2 Å². The smallest absolute Gasteiger partial charge is 0.344 e. The van der Waals surface area contributed by atoms with Crippen LogP contribution in [0.25, 0.3) is 0 Å². The molecule has 0 bridgehead atoms. The topological polar surface area (TPSA) is 99.1 Å². The Morgan fingerprint density at radius 1 is 1.18 bits per heavy atom. The lowest BCUT2D eigenvalue weighted by atomic mass is 10.2. The van der Waals surface area contributed by atoms with Gasteiger partial charge in [0.1, 0.15) is 6.29 Å². The first-order valence-electron chi connectivity index (χ1n) is 6.79. The van der Waals surface area contributed by atoms with E-state index in [2.05, 4.69) is 0 Å². The molecule has 0 aromatic heterocycles. The maximum Gasteiger partial charge on any atom is 0.344 e. The Bertz CT molecular complexity index is 525. The molecule has 0 saturated carbocycles. The van der Waals surface area contributed by atoms with E-state index in [0.717, 1.165) is 12.8 Å². The van der Waals surface area contributed by atoms with Crippen LogP contribution in [0.15, 0.2) is 18.2 Å². The van der Waals surface area contributed by atoms with Crippen LogP contribution < -0.4 is 9.47 Å².